The summed E-state index contributed by atoms with van der Waals surface area (Å²) < 4.78 is 29.4. The first-order valence-electron chi connectivity index (χ1n) is 10.4. The fraction of sp³-hybridized carbons (Fsp3) is 0.304. The second-order valence-electron chi connectivity index (χ2n) is 7.87. The largest absolute Gasteiger partial charge is 0.338 e. The van der Waals surface area contributed by atoms with E-state index in [4.69, 9.17) is 0 Å². The molecule has 1 aromatic heterocycles. The number of carbonyl (C=O) groups is 1. The Labute approximate surface area is 182 Å². The van der Waals surface area contributed by atoms with E-state index in [1.165, 1.54) is 0 Å². The van der Waals surface area contributed by atoms with Gasteiger partial charge in [0.15, 0.2) is 0 Å². The number of hydrogen-bond donors (Lipinski definition) is 1. The van der Waals surface area contributed by atoms with E-state index in [2.05, 4.69) is 9.71 Å². The topological polar surface area (TPSA) is 84.3 Å². The molecule has 2 aromatic carbocycles. The number of imidazole rings is 1. The van der Waals surface area contributed by atoms with E-state index < -0.39 is 10.0 Å². The summed E-state index contributed by atoms with van der Waals surface area (Å²) >= 11 is 0. The van der Waals surface area contributed by atoms with Crippen LogP contribution in [0.2, 0.25) is 0 Å². The predicted molar refractivity (Wildman–Crippen MR) is 119 cm³/mol. The van der Waals surface area contributed by atoms with Crippen molar-refractivity contribution in [1.82, 2.24) is 19.2 Å². The molecule has 1 amide bonds. The third kappa shape index (κ3) is 5.59. The van der Waals surface area contributed by atoms with E-state index in [0.29, 0.717) is 25.2 Å². The quantitative estimate of drug-likeness (QED) is 0.615. The Morgan fingerprint density at radius 3 is 2.58 bits per heavy atom. The lowest BCUT2D eigenvalue weighted by Crippen LogP contribution is -2.43. The summed E-state index contributed by atoms with van der Waals surface area (Å²) in [6.45, 7) is 1.59. The van der Waals surface area contributed by atoms with E-state index in [-0.39, 0.29) is 17.6 Å². The van der Waals surface area contributed by atoms with Gasteiger partial charge in [0.25, 0.3) is 5.91 Å². The van der Waals surface area contributed by atoms with Gasteiger partial charge < -0.3 is 9.47 Å². The van der Waals surface area contributed by atoms with Gasteiger partial charge in [-0.05, 0) is 48.6 Å². The van der Waals surface area contributed by atoms with Gasteiger partial charge in [-0.2, -0.15) is 0 Å². The van der Waals surface area contributed by atoms with Gasteiger partial charge >= 0.3 is 0 Å². The minimum absolute atomic E-state index is 0.0194. The molecule has 7 nitrogen and oxygen atoms in total. The standard InChI is InChI=1S/C23H26N4O3S/c28-23(21-8-10-22(11-9-21)27-14-12-24-18-27)26-13-4-7-20(16-26)15-25-31(29,30)17-19-5-2-1-3-6-19/h1-3,5-6,8-12,14,18,20,25H,4,7,13,15-17H2. The van der Waals surface area contributed by atoms with Crippen LogP contribution in [0.4, 0.5) is 0 Å². The molecular formula is C23H26N4O3S. The smallest absolute Gasteiger partial charge is 0.253 e. The lowest BCUT2D eigenvalue weighted by molar-refractivity contribution is 0.0676. The summed E-state index contributed by atoms with van der Waals surface area (Å²) in [5.74, 6) is 0.0504. The molecule has 0 aliphatic carbocycles. The van der Waals surface area contributed by atoms with Gasteiger partial charge in [-0.15, -0.1) is 0 Å². The fourth-order valence-corrected chi connectivity index (χ4v) is 5.10. The number of carbonyl (C=O) groups excluding carboxylic acids is 1. The summed E-state index contributed by atoms with van der Waals surface area (Å²) in [6, 6.07) is 16.6. The zero-order valence-electron chi connectivity index (χ0n) is 17.2. The molecule has 1 atom stereocenters. The van der Waals surface area contributed by atoms with Crippen LogP contribution in [-0.2, 0) is 15.8 Å². The molecule has 1 N–H and O–H groups in total. The van der Waals surface area contributed by atoms with Crippen LogP contribution in [0.3, 0.4) is 0 Å². The first kappa shape index (κ1) is 21.3. The number of hydrogen-bond acceptors (Lipinski definition) is 4. The molecular weight excluding hydrogens is 412 g/mol. The Morgan fingerprint density at radius 2 is 1.87 bits per heavy atom. The van der Waals surface area contributed by atoms with Crippen LogP contribution < -0.4 is 4.72 Å². The van der Waals surface area contributed by atoms with Gasteiger partial charge in [0, 0.05) is 43.3 Å². The van der Waals surface area contributed by atoms with Crippen LogP contribution in [0.1, 0.15) is 28.8 Å². The maximum Gasteiger partial charge on any atom is 0.253 e. The number of nitrogens with zero attached hydrogens (tertiary/aromatic N) is 3. The van der Waals surface area contributed by atoms with Crippen LogP contribution >= 0.6 is 0 Å². The first-order chi connectivity index (χ1) is 15.0. The molecule has 0 radical (unpaired) electrons. The molecule has 3 aromatic rings. The second kappa shape index (κ2) is 9.45. The van der Waals surface area contributed by atoms with E-state index in [1.807, 2.05) is 58.1 Å². The summed E-state index contributed by atoms with van der Waals surface area (Å²) in [7, 11) is -3.41. The Hall–Kier alpha value is -2.97. The average molecular weight is 439 g/mol. The zero-order valence-corrected chi connectivity index (χ0v) is 18.0. The highest BCUT2D eigenvalue weighted by molar-refractivity contribution is 7.88. The van der Waals surface area contributed by atoms with Crippen LogP contribution in [0, 0.1) is 5.92 Å². The molecule has 31 heavy (non-hydrogen) atoms. The third-order valence-electron chi connectivity index (χ3n) is 5.51. The van der Waals surface area contributed by atoms with Gasteiger partial charge in [0.05, 0.1) is 12.1 Å². The third-order valence-corrected chi connectivity index (χ3v) is 6.83. The molecule has 1 unspecified atom stereocenters. The Bertz CT molecular complexity index is 1100. The zero-order chi connectivity index (χ0) is 21.7. The Kier molecular flexibility index (Phi) is 6.48. The molecule has 1 fully saturated rings. The fourth-order valence-electron chi connectivity index (χ4n) is 3.88. The van der Waals surface area contributed by atoms with Crippen LogP contribution in [0.15, 0.2) is 73.3 Å². The number of nitrogens with one attached hydrogen (secondary N) is 1. The van der Waals surface area contributed by atoms with Gasteiger partial charge in [0.2, 0.25) is 10.0 Å². The number of amides is 1. The molecule has 0 bridgehead atoms. The summed E-state index contributed by atoms with van der Waals surface area (Å²) in [6.07, 6.45) is 7.04. The Balaban J connectivity index is 1.33. The summed E-state index contributed by atoms with van der Waals surface area (Å²) in [4.78, 5) is 18.8. The van der Waals surface area contributed by atoms with Crippen LogP contribution in [-0.4, -0.2) is 48.4 Å². The molecule has 2 heterocycles. The van der Waals surface area contributed by atoms with Crippen molar-refractivity contribution in [1.29, 1.82) is 0 Å². The lowest BCUT2D eigenvalue weighted by atomic mass is 9.97. The van der Waals surface area contributed by atoms with Gasteiger partial charge in [0.1, 0.15) is 0 Å². The number of rotatable bonds is 7. The highest BCUT2D eigenvalue weighted by atomic mass is 32.2. The SMILES string of the molecule is O=C(c1ccc(-n2ccnc2)cc1)N1CCCC(CNS(=O)(=O)Cc2ccccc2)C1. The van der Waals surface area contributed by atoms with E-state index in [0.717, 1.165) is 24.1 Å². The first-order valence-corrected chi connectivity index (χ1v) is 12.0. The van der Waals surface area contributed by atoms with Crippen molar-refractivity contribution in [2.45, 2.75) is 18.6 Å². The number of benzene rings is 2. The van der Waals surface area contributed by atoms with E-state index in [9.17, 15) is 13.2 Å². The summed E-state index contributed by atoms with van der Waals surface area (Å²) in [5, 5.41) is 0. The highest BCUT2D eigenvalue weighted by Crippen LogP contribution is 2.19. The number of sulfonamides is 1. The van der Waals surface area contributed by atoms with Gasteiger partial charge in [-0.1, -0.05) is 30.3 Å². The van der Waals surface area contributed by atoms with E-state index in [1.54, 1.807) is 24.7 Å². The number of piperidine rings is 1. The van der Waals surface area contributed by atoms with Crippen molar-refractivity contribution in [3.63, 3.8) is 0 Å². The predicted octanol–water partition coefficient (Wildman–Crippen LogP) is 2.84. The number of aromatic nitrogens is 2. The summed E-state index contributed by atoms with van der Waals surface area (Å²) in [5.41, 5.74) is 2.34. The van der Waals surface area contributed by atoms with E-state index >= 15 is 0 Å². The lowest BCUT2D eigenvalue weighted by Gasteiger charge is -2.33. The number of likely N-dealkylation sites (tertiary alicyclic amines) is 1. The van der Waals surface area contributed by atoms with Crippen molar-refractivity contribution in [2.24, 2.45) is 5.92 Å². The van der Waals surface area contributed by atoms with Gasteiger partial charge in [-0.25, -0.2) is 18.1 Å². The molecule has 1 aliphatic heterocycles. The monoisotopic (exact) mass is 438 g/mol. The second-order valence-corrected chi connectivity index (χ2v) is 9.68. The maximum absolute atomic E-state index is 13.0. The van der Waals surface area contributed by atoms with Crippen LogP contribution in [0.5, 0.6) is 0 Å². The van der Waals surface area contributed by atoms with Crippen molar-refractivity contribution >= 4 is 15.9 Å². The Morgan fingerprint density at radius 1 is 1.10 bits per heavy atom. The minimum atomic E-state index is -3.41. The molecule has 1 saturated heterocycles. The van der Waals surface area contributed by atoms with Crippen molar-refractivity contribution < 1.29 is 13.2 Å². The minimum Gasteiger partial charge on any atom is -0.338 e. The van der Waals surface area contributed by atoms with Gasteiger partial charge in [-0.3, -0.25) is 4.79 Å². The highest BCUT2D eigenvalue weighted by Gasteiger charge is 2.25. The van der Waals surface area contributed by atoms with Crippen molar-refractivity contribution in [3.05, 3.63) is 84.4 Å². The molecule has 0 spiro atoms. The molecule has 162 valence electrons. The van der Waals surface area contributed by atoms with Crippen molar-refractivity contribution in [2.75, 3.05) is 19.6 Å². The molecule has 8 heteroatoms. The van der Waals surface area contributed by atoms with Crippen LogP contribution in [0.25, 0.3) is 5.69 Å². The maximum atomic E-state index is 13.0. The average Bonchev–Trinajstić information content (AvgIpc) is 3.33. The molecule has 0 saturated carbocycles. The normalized spacial score (nSPS) is 16.9. The molecule has 4 rings (SSSR count). The van der Waals surface area contributed by atoms with Crippen molar-refractivity contribution in [3.8, 4) is 5.69 Å². The molecule has 1 aliphatic rings.